The largest absolute Gasteiger partial charge is 0.383 e. The van der Waals surface area contributed by atoms with E-state index < -0.39 is 0 Å². The minimum absolute atomic E-state index is 0.374. The van der Waals surface area contributed by atoms with E-state index in [0.29, 0.717) is 12.0 Å². The number of nitrogens with one attached hydrogen (secondary N) is 1. The minimum Gasteiger partial charge on any atom is -0.383 e. The maximum absolute atomic E-state index is 5.27. The van der Waals surface area contributed by atoms with Crippen molar-refractivity contribution in [3.05, 3.63) is 29.6 Å². The Morgan fingerprint density at radius 3 is 3.25 bits per heavy atom. The van der Waals surface area contributed by atoms with Crippen LogP contribution in [-0.4, -0.2) is 31.8 Å². The molecule has 2 rings (SSSR count). The van der Waals surface area contributed by atoms with E-state index in [9.17, 15) is 0 Å². The third-order valence-corrected chi connectivity index (χ3v) is 3.44. The number of pyridine rings is 1. The topological polar surface area (TPSA) is 34.1 Å². The number of methoxy groups -OCH3 is 1. The monoisotopic (exact) mass is 220 g/mol. The number of aromatic nitrogens is 1. The van der Waals surface area contributed by atoms with Gasteiger partial charge in [0.15, 0.2) is 0 Å². The SMILES string of the molecule is CNC(COC)C1CCCc2cccnc21. The lowest BCUT2D eigenvalue weighted by Crippen LogP contribution is -2.38. The van der Waals surface area contributed by atoms with Crippen LogP contribution in [0.1, 0.15) is 30.0 Å². The molecule has 1 heterocycles. The fourth-order valence-corrected chi connectivity index (χ4v) is 2.62. The summed E-state index contributed by atoms with van der Waals surface area (Å²) in [6, 6.07) is 4.61. The van der Waals surface area contributed by atoms with Gasteiger partial charge in [0.05, 0.1) is 6.61 Å². The Morgan fingerprint density at radius 2 is 2.50 bits per heavy atom. The highest BCUT2D eigenvalue weighted by atomic mass is 16.5. The number of nitrogens with zero attached hydrogens (tertiary/aromatic N) is 1. The molecule has 1 aliphatic rings. The van der Waals surface area contributed by atoms with Gasteiger partial charge in [0, 0.05) is 31.0 Å². The quantitative estimate of drug-likeness (QED) is 0.839. The van der Waals surface area contributed by atoms with Crippen molar-refractivity contribution in [3.63, 3.8) is 0 Å². The molecule has 2 unspecified atom stereocenters. The highest BCUT2D eigenvalue weighted by molar-refractivity contribution is 5.27. The first-order chi connectivity index (χ1) is 7.86. The number of hydrogen-bond acceptors (Lipinski definition) is 3. The lowest BCUT2D eigenvalue weighted by molar-refractivity contribution is 0.153. The number of fused-ring (bicyclic) bond motifs is 1. The van der Waals surface area contributed by atoms with Crippen molar-refractivity contribution in [2.75, 3.05) is 20.8 Å². The van der Waals surface area contributed by atoms with Gasteiger partial charge >= 0.3 is 0 Å². The summed E-state index contributed by atoms with van der Waals surface area (Å²) in [5, 5.41) is 3.35. The third kappa shape index (κ3) is 2.25. The van der Waals surface area contributed by atoms with Crippen LogP contribution < -0.4 is 5.32 Å². The predicted molar refractivity (Wildman–Crippen MR) is 64.6 cm³/mol. The predicted octanol–water partition coefficient (Wildman–Crippen LogP) is 1.74. The average Bonchev–Trinajstić information content (AvgIpc) is 2.35. The van der Waals surface area contributed by atoms with Crippen LogP contribution in [0, 0.1) is 0 Å². The Bertz CT molecular complexity index is 340. The molecule has 1 aliphatic carbocycles. The maximum atomic E-state index is 5.27. The second kappa shape index (κ2) is 5.41. The number of likely N-dealkylation sites (N-methyl/N-ethyl adjacent to an activating group) is 1. The molecule has 0 aromatic carbocycles. The van der Waals surface area contributed by atoms with Crippen molar-refractivity contribution in [1.29, 1.82) is 0 Å². The number of aryl methyl sites for hydroxylation is 1. The van der Waals surface area contributed by atoms with Crippen molar-refractivity contribution in [2.45, 2.75) is 31.2 Å². The first-order valence-corrected chi connectivity index (χ1v) is 5.96. The van der Waals surface area contributed by atoms with Crippen LogP contribution in [0.25, 0.3) is 0 Å². The molecule has 16 heavy (non-hydrogen) atoms. The molecule has 3 heteroatoms. The fourth-order valence-electron chi connectivity index (χ4n) is 2.62. The summed E-state index contributed by atoms with van der Waals surface area (Å²) in [6.45, 7) is 0.747. The van der Waals surface area contributed by atoms with Crippen molar-refractivity contribution < 1.29 is 4.74 Å². The smallest absolute Gasteiger partial charge is 0.0622 e. The second-order valence-corrected chi connectivity index (χ2v) is 4.40. The normalized spacial score (nSPS) is 21.5. The zero-order chi connectivity index (χ0) is 11.4. The molecule has 1 aromatic heterocycles. The molecule has 0 saturated heterocycles. The lowest BCUT2D eigenvalue weighted by Gasteiger charge is -2.30. The molecule has 3 nitrogen and oxygen atoms in total. The summed E-state index contributed by atoms with van der Waals surface area (Å²) in [6.07, 6.45) is 5.53. The van der Waals surface area contributed by atoms with Gasteiger partial charge in [-0.3, -0.25) is 4.98 Å². The first-order valence-electron chi connectivity index (χ1n) is 5.96. The van der Waals surface area contributed by atoms with E-state index in [1.165, 1.54) is 30.5 Å². The van der Waals surface area contributed by atoms with E-state index >= 15 is 0 Å². The number of hydrogen-bond donors (Lipinski definition) is 1. The Hall–Kier alpha value is -0.930. The second-order valence-electron chi connectivity index (χ2n) is 4.40. The van der Waals surface area contributed by atoms with Gasteiger partial charge in [0.2, 0.25) is 0 Å². The molecule has 0 bridgehead atoms. The van der Waals surface area contributed by atoms with Crippen LogP contribution >= 0.6 is 0 Å². The summed E-state index contributed by atoms with van der Waals surface area (Å²) in [5.41, 5.74) is 2.68. The van der Waals surface area contributed by atoms with Crippen LogP contribution in [0.3, 0.4) is 0 Å². The Morgan fingerprint density at radius 1 is 1.62 bits per heavy atom. The van der Waals surface area contributed by atoms with Crippen LogP contribution in [0.15, 0.2) is 18.3 Å². The lowest BCUT2D eigenvalue weighted by atomic mass is 9.82. The standard InChI is InChI=1S/C13H20N2O/c1-14-12(9-16-2)11-7-3-5-10-6-4-8-15-13(10)11/h4,6,8,11-12,14H,3,5,7,9H2,1-2H3. The molecule has 0 fully saturated rings. The molecule has 1 aromatic rings. The molecule has 0 aliphatic heterocycles. The van der Waals surface area contributed by atoms with E-state index in [1.807, 2.05) is 19.3 Å². The molecule has 1 N–H and O–H groups in total. The summed E-state index contributed by atoms with van der Waals surface area (Å²) in [5.74, 6) is 0.495. The van der Waals surface area contributed by atoms with E-state index in [0.717, 1.165) is 6.61 Å². The van der Waals surface area contributed by atoms with E-state index in [4.69, 9.17) is 4.74 Å². The van der Waals surface area contributed by atoms with E-state index in [1.54, 1.807) is 7.11 Å². The van der Waals surface area contributed by atoms with Gasteiger partial charge in [-0.15, -0.1) is 0 Å². The highest BCUT2D eigenvalue weighted by Crippen LogP contribution is 2.32. The van der Waals surface area contributed by atoms with Crippen LogP contribution in [0.4, 0.5) is 0 Å². The zero-order valence-corrected chi connectivity index (χ0v) is 10.1. The molecular weight excluding hydrogens is 200 g/mol. The van der Waals surface area contributed by atoms with Crippen molar-refractivity contribution >= 4 is 0 Å². The summed E-state index contributed by atoms with van der Waals surface area (Å²) < 4.78 is 5.27. The summed E-state index contributed by atoms with van der Waals surface area (Å²) in [4.78, 5) is 4.56. The van der Waals surface area contributed by atoms with Crippen LogP contribution in [0.2, 0.25) is 0 Å². The molecule has 2 atom stereocenters. The molecule has 0 amide bonds. The van der Waals surface area contributed by atoms with E-state index in [-0.39, 0.29) is 0 Å². The van der Waals surface area contributed by atoms with Gasteiger partial charge in [-0.2, -0.15) is 0 Å². The summed E-state index contributed by atoms with van der Waals surface area (Å²) in [7, 11) is 3.76. The van der Waals surface area contributed by atoms with Gasteiger partial charge < -0.3 is 10.1 Å². The molecular formula is C13H20N2O. The Balaban J connectivity index is 2.23. The number of ether oxygens (including phenoxy) is 1. The molecule has 0 radical (unpaired) electrons. The molecule has 0 spiro atoms. The third-order valence-electron chi connectivity index (χ3n) is 3.44. The first kappa shape index (κ1) is 11.6. The Kier molecular flexibility index (Phi) is 3.91. The number of rotatable bonds is 4. The summed E-state index contributed by atoms with van der Waals surface area (Å²) >= 11 is 0. The van der Waals surface area contributed by atoms with Gasteiger partial charge in [0.25, 0.3) is 0 Å². The van der Waals surface area contributed by atoms with Gasteiger partial charge in [-0.05, 0) is 37.9 Å². The average molecular weight is 220 g/mol. The zero-order valence-electron chi connectivity index (χ0n) is 10.1. The van der Waals surface area contributed by atoms with Crippen LogP contribution in [0.5, 0.6) is 0 Å². The van der Waals surface area contributed by atoms with Crippen molar-refractivity contribution in [3.8, 4) is 0 Å². The van der Waals surface area contributed by atoms with Crippen molar-refractivity contribution in [2.24, 2.45) is 0 Å². The Labute approximate surface area is 97.2 Å². The van der Waals surface area contributed by atoms with Crippen molar-refractivity contribution in [1.82, 2.24) is 10.3 Å². The molecule has 0 saturated carbocycles. The van der Waals surface area contributed by atoms with Gasteiger partial charge in [0.1, 0.15) is 0 Å². The van der Waals surface area contributed by atoms with Gasteiger partial charge in [-0.25, -0.2) is 0 Å². The minimum atomic E-state index is 0.374. The van der Waals surface area contributed by atoms with Crippen LogP contribution in [-0.2, 0) is 11.2 Å². The maximum Gasteiger partial charge on any atom is 0.0622 e. The fraction of sp³-hybridized carbons (Fsp3) is 0.615. The van der Waals surface area contributed by atoms with E-state index in [2.05, 4.69) is 16.4 Å². The highest BCUT2D eigenvalue weighted by Gasteiger charge is 2.27. The molecule has 88 valence electrons. The van der Waals surface area contributed by atoms with Gasteiger partial charge in [-0.1, -0.05) is 6.07 Å².